The van der Waals surface area contributed by atoms with Crippen molar-refractivity contribution in [3.05, 3.63) is 11.1 Å². The van der Waals surface area contributed by atoms with Gasteiger partial charge in [0.15, 0.2) is 0 Å². The Bertz CT molecular complexity index is 335. The lowest BCUT2D eigenvalue weighted by atomic mass is 10.0. The van der Waals surface area contributed by atoms with E-state index in [-0.39, 0.29) is 0 Å². The molecule has 0 amide bonds. The fourth-order valence-corrected chi connectivity index (χ4v) is 2.97. The summed E-state index contributed by atoms with van der Waals surface area (Å²) in [6.07, 6.45) is 5.98. The van der Waals surface area contributed by atoms with Gasteiger partial charge < -0.3 is 0 Å². The first-order valence-corrected chi connectivity index (χ1v) is 6.25. The molecular weight excluding hydrogens is 210 g/mol. The molecule has 4 heteroatoms. The second-order valence-corrected chi connectivity index (χ2v) is 4.61. The van der Waals surface area contributed by atoms with E-state index in [0.29, 0.717) is 11.3 Å². The number of nitrogens with zero attached hydrogens (tertiary/aromatic N) is 3. The Morgan fingerprint density at radius 2 is 2.13 bits per heavy atom. The third-order valence-electron chi connectivity index (χ3n) is 3.52. The van der Waals surface area contributed by atoms with Crippen molar-refractivity contribution >= 4 is 11.6 Å². The van der Waals surface area contributed by atoms with Gasteiger partial charge in [-0.1, -0.05) is 26.7 Å². The zero-order valence-electron chi connectivity index (χ0n) is 9.41. The first-order valence-electron chi connectivity index (χ1n) is 5.87. The average molecular weight is 228 g/mol. The van der Waals surface area contributed by atoms with Crippen LogP contribution in [0.1, 0.15) is 51.4 Å². The van der Waals surface area contributed by atoms with Crippen LogP contribution in [0.5, 0.6) is 0 Å². The van der Waals surface area contributed by atoms with Gasteiger partial charge in [-0.25, -0.2) is 0 Å². The van der Waals surface area contributed by atoms with Gasteiger partial charge in [0.05, 0.1) is 0 Å². The van der Waals surface area contributed by atoms with E-state index in [1.54, 1.807) is 0 Å². The Morgan fingerprint density at radius 3 is 2.80 bits per heavy atom. The number of rotatable bonds is 3. The van der Waals surface area contributed by atoms with Crippen molar-refractivity contribution in [2.75, 3.05) is 0 Å². The highest BCUT2D eigenvalue weighted by Gasteiger charge is 2.30. The van der Waals surface area contributed by atoms with Crippen molar-refractivity contribution < 1.29 is 0 Å². The standard InChI is InChI=1S/C11H18ClN3/c1-3-8-6-5-7-9(8)15-10(4-2)13-14-11(15)12/h8-9H,3-7H2,1-2H3. The van der Waals surface area contributed by atoms with Gasteiger partial charge in [-0.3, -0.25) is 4.57 Å². The maximum absolute atomic E-state index is 6.12. The molecule has 0 radical (unpaired) electrons. The fourth-order valence-electron chi connectivity index (χ4n) is 2.70. The van der Waals surface area contributed by atoms with Gasteiger partial charge in [-0.05, 0) is 30.4 Å². The maximum Gasteiger partial charge on any atom is 0.225 e. The Hall–Kier alpha value is -0.570. The molecule has 1 aromatic rings. The molecule has 3 nitrogen and oxygen atoms in total. The Balaban J connectivity index is 2.30. The van der Waals surface area contributed by atoms with Crippen LogP contribution >= 0.6 is 11.6 Å². The van der Waals surface area contributed by atoms with Crippen molar-refractivity contribution in [1.82, 2.24) is 14.8 Å². The van der Waals surface area contributed by atoms with E-state index in [2.05, 4.69) is 28.6 Å². The summed E-state index contributed by atoms with van der Waals surface area (Å²) < 4.78 is 2.16. The molecule has 84 valence electrons. The normalized spacial score (nSPS) is 26.1. The van der Waals surface area contributed by atoms with Crippen molar-refractivity contribution in [3.63, 3.8) is 0 Å². The van der Waals surface area contributed by atoms with E-state index in [1.807, 2.05) is 0 Å². The molecule has 1 heterocycles. The fraction of sp³-hybridized carbons (Fsp3) is 0.818. The van der Waals surface area contributed by atoms with Crippen molar-refractivity contribution in [2.24, 2.45) is 5.92 Å². The predicted molar refractivity (Wildman–Crippen MR) is 61.1 cm³/mol. The molecule has 0 saturated heterocycles. The minimum atomic E-state index is 0.535. The molecule has 2 atom stereocenters. The number of hydrogen-bond acceptors (Lipinski definition) is 2. The van der Waals surface area contributed by atoms with Crippen LogP contribution in [0, 0.1) is 5.92 Å². The largest absolute Gasteiger partial charge is 0.298 e. The molecule has 0 N–H and O–H groups in total. The molecule has 0 spiro atoms. The maximum atomic E-state index is 6.12. The Kier molecular flexibility index (Phi) is 3.29. The number of halogens is 1. The van der Waals surface area contributed by atoms with E-state index in [1.165, 1.54) is 25.7 Å². The lowest BCUT2D eigenvalue weighted by Gasteiger charge is -2.21. The van der Waals surface area contributed by atoms with Crippen LogP contribution in [-0.2, 0) is 6.42 Å². The first-order chi connectivity index (χ1) is 7.27. The van der Waals surface area contributed by atoms with Gasteiger partial charge in [-0.15, -0.1) is 10.2 Å². The van der Waals surface area contributed by atoms with Crippen LogP contribution in [0.25, 0.3) is 0 Å². The van der Waals surface area contributed by atoms with Crippen molar-refractivity contribution in [1.29, 1.82) is 0 Å². The third kappa shape index (κ3) is 1.89. The molecule has 15 heavy (non-hydrogen) atoms. The number of aromatic nitrogens is 3. The Labute approximate surface area is 95.8 Å². The average Bonchev–Trinajstić information content (AvgIpc) is 2.82. The van der Waals surface area contributed by atoms with Gasteiger partial charge in [0.25, 0.3) is 0 Å². The Morgan fingerprint density at radius 1 is 1.33 bits per heavy atom. The summed E-state index contributed by atoms with van der Waals surface area (Å²) in [5, 5.41) is 8.67. The second kappa shape index (κ2) is 4.52. The topological polar surface area (TPSA) is 30.7 Å². The summed E-state index contributed by atoms with van der Waals surface area (Å²) in [4.78, 5) is 0. The molecule has 0 aliphatic heterocycles. The highest BCUT2D eigenvalue weighted by atomic mass is 35.5. The summed E-state index contributed by atoms with van der Waals surface area (Å²) in [5.74, 6) is 1.79. The SMILES string of the molecule is CCc1nnc(Cl)n1C1CCCC1CC. The molecule has 1 saturated carbocycles. The zero-order chi connectivity index (χ0) is 10.8. The smallest absolute Gasteiger partial charge is 0.225 e. The van der Waals surface area contributed by atoms with Crippen LogP contribution in [-0.4, -0.2) is 14.8 Å². The highest BCUT2D eigenvalue weighted by molar-refractivity contribution is 6.28. The quantitative estimate of drug-likeness (QED) is 0.794. The zero-order valence-corrected chi connectivity index (χ0v) is 10.2. The van der Waals surface area contributed by atoms with Crippen LogP contribution in [0.2, 0.25) is 5.28 Å². The highest BCUT2D eigenvalue weighted by Crippen LogP contribution is 2.39. The minimum absolute atomic E-state index is 0.535. The molecule has 0 aromatic carbocycles. The van der Waals surface area contributed by atoms with E-state index in [9.17, 15) is 0 Å². The molecule has 1 aliphatic rings. The van der Waals surface area contributed by atoms with Crippen molar-refractivity contribution in [3.8, 4) is 0 Å². The van der Waals surface area contributed by atoms with Crippen LogP contribution in [0.3, 0.4) is 0 Å². The molecule has 1 aromatic heterocycles. The predicted octanol–water partition coefficient (Wildman–Crippen LogP) is 3.25. The lowest BCUT2D eigenvalue weighted by Crippen LogP contribution is -2.16. The second-order valence-electron chi connectivity index (χ2n) is 4.28. The summed E-state index contributed by atoms with van der Waals surface area (Å²) in [7, 11) is 0. The van der Waals surface area contributed by atoms with Crippen LogP contribution in [0.4, 0.5) is 0 Å². The molecule has 1 aliphatic carbocycles. The van der Waals surface area contributed by atoms with Crippen LogP contribution in [0.15, 0.2) is 0 Å². The minimum Gasteiger partial charge on any atom is -0.298 e. The van der Waals surface area contributed by atoms with E-state index in [0.717, 1.165) is 18.2 Å². The molecule has 1 fully saturated rings. The van der Waals surface area contributed by atoms with E-state index in [4.69, 9.17) is 11.6 Å². The molecule has 0 bridgehead atoms. The lowest BCUT2D eigenvalue weighted by molar-refractivity contribution is 0.362. The van der Waals surface area contributed by atoms with Crippen LogP contribution < -0.4 is 0 Å². The first kappa shape index (κ1) is 10.9. The number of hydrogen-bond donors (Lipinski definition) is 0. The molecular formula is C11H18ClN3. The third-order valence-corrected chi connectivity index (χ3v) is 3.77. The van der Waals surface area contributed by atoms with E-state index < -0.39 is 0 Å². The van der Waals surface area contributed by atoms with Gasteiger partial charge in [0, 0.05) is 12.5 Å². The summed E-state index contributed by atoms with van der Waals surface area (Å²) in [5.41, 5.74) is 0. The van der Waals surface area contributed by atoms with Gasteiger partial charge in [0.1, 0.15) is 5.82 Å². The summed E-state index contributed by atoms with van der Waals surface area (Å²) >= 11 is 6.12. The van der Waals surface area contributed by atoms with E-state index >= 15 is 0 Å². The van der Waals surface area contributed by atoms with Gasteiger partial charge in [-0.2, -0.15) is 0 Å². The van der Waals surface area contributed by atoms with Crippen molar-refractivity contribution in [2.45, 2.75) is 52.0 Å². The molecule has 2 rings (SSSR count). The number of aryl methyl sites for hydroxylation is 1. The van der Waals surface area contributed by atoms with Gasteiger partial charge in [0.2, 0.25) is 5.28 Å². The monoisotopic (exact) mass is 227 g/mol. The summed E-state index contributed by atoms with van der Waals surface area (Å²) in [6.45, 7) is 4.36. The summed E-state index contributed by atoms with van der Waals surface area (Å²) in [6, 6.07) is 0.535. The molecule has 2 unspecified atom stereocenters. The van der Waals surface area contributed by atoms with Gasteiger partial charge >= 0.3 is 0 Å².